The monoisotopic (exact) mass is 301 g/mol. The molecule has 19 heavy (non-hydrogen) atoms. The van der Waals surface area contributed by atoms with E-state index in [1.807, 2.05) is 18.2 Å². The molecule has 1 spiro atoms. The van der Waals surface area contributed by atoms with Crippen molar-refractivity contribution < 1.29 is 9.47 Å². The predicted molar refractivity (Wildman–Crippen MR) is 77.2 cm³/mol. The van der Waals surface area contributed by atoms with Gasteiger partial charge in [0.2, 0.25) is 0 Å². The van der Waals surface area contributed by atoms with Crippen LogP contribution >= 0.6 is 23.2 Å². The molecule has 0 saturated carbocycles. The second-order valence-electron chi connectivity index (χ2n) is 5.30. The Morgan fingerprint density at radius 2 is 2.11 bits per heavy atom. The molecule has 1 aromatic carbocycles. The number of ether oxygens (including phenoxy) is 2. The molecule has 2 atom stereocenters. The van der Waals surface area contributed by atoms with Crippen molar-refractivity contribution in [1.29, 1.82) is 0 Å². The van der Waals surface area contributed by atoms with Gasteiger partial charge in [0, 0.05) is 31.4 Å². The van der Waals surface area contributed by atoms with Crippen LogP contribution in [-0.2, 0) is 9.47 Å². The molecule has 2 fully saturated rings. The molecule has 1 aromatic rings. The highest BCUT2D eigenvalue weighted by Crippen LogP contribution is 2.34. The highest BCUT2D eigenvalue weighted by atomic mass is 35.5. The lowest BCUT2D eigenvalue weighted by atomic mass is 9.89. The van der Waals surface area contributed by atoms with Crippen LogP contribution < -0.4 is 5.32 Å². The van der Waals surface area contributed by atoms with Crippen LogP contribution in [0.2, 0.25) is 10.0 Å². The first-order chi connectivity index (χ1) is 9.17. The molecule has 1 N–H and O–H groups in total. The van der Waals surface area contributed by atoms with Crippen molar-refractivity contribution in [3.05, 3.63) is 28.2 Å². The van der Waals surface area contributed by atoms with Crippen molar-refractivity contribution in [2.45, 2.75) is 30.9 Å². The van der Waals surface area contributed by atoms with E-state index in [0.717, 1.165) is 38.2 Å². The first kappa shape index (κ1) is 13.5. The molecule has 2 aliphatic rings. The van der Waals surface area contributed by atoms with Gasteiger partial charge in [0.05, 0.1) is 22.3 Å². The van der Waals surface area contributed by atoms with E-state index in [-0.39, 0.29) is 5.60 Å². The van der Waals surface area contributed by atoms with Crippen molar-refractivity contribution in [2.75, 3.05) is 25.1 Å². The number of hydrogen-bond donors (Lipinski definition) is 1. The standard InChI is InChI=1S/C14H17Cl2NO2/c15-12-2-1-10(7-13(12)16)17-11-3-5-19-14(8-11)4-6-18-9-14/h1-2,7,11,17H,3-6,8-9H2. The molecule has 0 radical (unpaired) electrons. The summed E-state index contributed by atoms with van der Waals surface area (Å²) in [6.07, 6.45) is 2.97. The summed E-state index contributed by atoms with van der Waals surface area (Å²) in [6.45, 7) is 2.30. The molecule has 2 heterocycles. The van der Waals surface area contributed by atoms with Crippen LogP contribution in [0.25, 0.3) is 0 Å². The van der Waals surface area contributed by atoms with Crippen molar-refractivity contribution in [3.63, 3.8) is 0 Å². The van der Waals surface area contributed by atoms with Crippen LogP contribution in [0.1, 0.15) is 19.3 Å². The average molecular weight is 302 g/mol. The van der Waals surface area contributed by atoms with E-state index < -0.39 is 0 Å². The van der Waals surface area contributed by atoms with Crippen LogP contribution in [0.3, 0.4) is 0 Å². The molecule has 3 nitrogen and oxygen atoms in total. The quantitative estimate of drug-likeness (QED) is 0.902. The first-order valence-corrected chi connectivity index (χ1v) is 7.36. The Kier molecular flexibility index (Phi) is 3.90. The third-order valence-corrected chi connectivity index (χ3v) is 4.59. The summed E-state index contributed by atoms with van der Waals surface area (Å²) in [5.41, 5.74) is 0.932. The molecule has 2 saturated heterocycles. The summed E-state index contributed by atoms with van der Waals surface area (Å²) in [5.74, 6) is 0. The summed E-state index contributed by atoms with van der Waals surface area (Å²) < 4.78 is 11.4. The van der Waals surface area contributed by atoms with E-state index in [4.69, 9.17) is 32.7 Å². The Hall–Kier alpha value is -0.480. The topological polar surface area (TPSA) is 30.5 Å². The third-order valence-electron chi connectivity index (χ3n) is 3.85. The molecule has 0 aromatic heterocycles. The van der Waals surface area contributed by atoms with Gasteiger partial charge in [0.1, 0.15) is 0 Å². The highest BCUT2D eigenvalue weighted by molar-refractivity contribution is 6.42. The van der Waals surface area contributed by atoms with Crippen molar-refractivity contribution in [1.82, 2.24) is 0 Å². The third kappa shape index (κ3) is 3.00. The summed E-state index contributed by atoms with van der Waals surface area (Å²) in [6, 6.07) is 6.05. The van der Waals surface area contributed by atoms with Crippen molar-refractivity contribution in [2.24, 2.45) is 0 Å². The lowest BCUT2D eigenvalue weighted by Gasteiger charge is -2.37. The van der Waals surface area contributed by atoms with Gasteiger partial charge in [-0.05, 0) is 31.0 Å². The normalized spacial score (nSPS) is 30.7. The van der Waals surface area contributed by atoms with Crippen molar-refractivity contribution >= 4 is 28.9 Å². The fourth-order valence-electron chi connectivity index (χ4n) is 2.84. The fraction of sp³-hybridized carbons (Fsp3) is 0.571. The summed E-state index contributed by atoms with van der Waals surface area (Å²) in [7, 11) is 0. The van der Waals surface area contributed by atoms with E-state index in [1.54, 1.807) is 0 Å². The van der Waals surface area contributed by atoms with Gasteiger partial charge in [-0.25, -0.2) is 0 Å². The minimum atomic E-state index is -0.0772. The van der Waals surface area contributed by atoms with E-state index in [2.05, 4.69) is 5.32 Å². The lowest BCUT2D eigenvalue weighted by Crippen LogP contribution is -2.44. The van der Waals surface area contributed by atoms with Crippen LogP contribution in [0.15, 0.2) is 18.2 Å². The van der Waals surface area contributed by atoms with E-state index in [1.165, 1.54) is 0 Å². The summed E-state index contributed by atoms with van der Waals surface area (Å²) >= 11 is 12.0. The van der Waals surface area contributed by atoms with Gasteiger partial charge < -0.3 is 14.8 Å². The molecule has 3 rings (SSSR count). The summed E-state index contributed by atoms with van der Waals surface area (Å²) in [4.78, 5) is 0. The molecule has 104 valence electrons. The van der Waals surface area contributed by atoms with Gasteiger partial charge in [0.15, 0.2) is 0 Å². The van der Waals surface area contributed by atoms with Crippen molar-refractivity contribution in [3.8, 4) is 0 Å². The van der Waals surface area contributed by atoms with Crippen LogP contribution in [0.4, 0.5) is 5.69 Å². The zero-order valence-corrected chi connectivity index (χ0v) is 12.1. The second-order valence-corrected chi connectivity index (χ2v) is 6.11. The van der Waals surface area contributed by atoms with E-state index in [0.29, 0.717) is 22.7 Å². The molecule has 5 heteroatoms. The molecular formula is C14H17Cl2NO2. The van der Waals surface area contributed by atoms with Gasteiger partial charge in [-0.2, -0.15) is 0 Å². The van der Waals surface area contributed by atoms with Gasteiger partial charge >= 0.3 is 0 Å². The summed E-state index contributed by atoms with van der Waals surface area (Å²) in [5, 5.41) is 4.69. The molecule has 0 amide bonds. The van der Waals surface area contributed by atoms with E-state index >= 15 is 0 Å². The van der Waals surface area contributed by atoms with Gasteiger partial charge in [-0.3, -0.25) is 0 Å². The Morgan fingerprint density at radius 3 is 2.84 bits per heavy atom. The van der Waals surface area contributed by atoms with Crippen LogP contribution in [-0.4, -0.2) is 31.5 Å². The molecule has 2 unspecified atom stereocenters. The van der Waals surface area contributed by atoms with Crippen LogP contribution in [0.5, 0.6) is 0 Å². The zero-order valence-electron chi connectivity index (χ0n) is 10.6. The number of benzene rings is 1. The molecule has 2 aliphatic heterocycles. The maximum Gasteiger partial charge on any atom is 0.0956 e. The Morgan fingerprint density at radius 1 is 1.21 bits per heavy atom. The Labute approximate surface area is 123 Å². The molecule has 0 aliphatic carbocycles. The minimum absolute atomic E-state index is 0.0772. The zero-order chi connectivity index (χ0) is 13.3. The number of nitrogens with one attached hydrogen (secondary N) is 1. The maximum atomic E-state index is 6.04. The maximum absolute atomic E-state index is 6.04. The van der Waals surface area contributed by atoms with Gasteiger partial charge in [0.25, 0.3) is 0 Å². The highest BCUT2D eigenvalue weighted by Gasteiger charge is 2.40. The van der Waals surface area contributed by atoms with Gasteiger partial charge in [-0.1, -0.05) is 23.2 Å². The minimum Gasteiger partial charge on any atom is -0.382 e. The molecule has 0 bridgehead atoms. The largest absolute Gasteiger partial charge is 0.382 e. The number of anilines is 1. The lowest BCUT2D eigenvalue weighted by molar-refractivity contribution is -0.0828. The number of hydrogen-bond acceptors (Lipinski definition) is 3. The van der Waals surface area contributed by atoms with Crippen LogP contribution in [0, 0.1) is 0 Å². The van der Waals surface area contributed by atoms with E-state index in [9.17, 15) is 0 Å². The SMILES string of the molecule is Clc1ccc(NC2CCOC3(CCOC3)C2)cc1Cl. The van der Waals surface area contributed by atoms with Gasteiger partial charge in [-0.15, -0.1) is 0 Å². The predicted octanol–water partition coefficient (Wildman–Crippen LogP) is 3.74. The Bertz CT molecular complexity index is 461. The molecular weight excluding hydrogens is 285 g/mol. The average Bonchev–Trinajstić information content (AvgIpc) is 2.82. The number of halogens is 2. The number of rotatable bonds is 2. The second kappa shape index (κ2) is 5.49. The Balaban J connectivity index is 1.67. The first-order valence-electron chi connectivity index (χ1n) is 6.60. The fourth-order valence-corrected chi connectivity index (χ4v) is 3.13. The smallest absolute Gasteiger partial charge is 0.0956 e.